The molecule has 0 aliphatic carbocycles. The van der Waals surface area contributed by atoms with Crippen molar-refractivity contribution in [2.75, 3.05) is 14.2 Å². The number of nitrogens with one attached hydrogen (secondary N) is 1. The molecule has 4 rings (SSSR count). The molecule has 1 aliphatic rings. The number of aromatic nitrogens is 1. The Morgan fingerprint density at radius 2 is 1.97 bits per heavy atom. The molecule has 1 saturated heterocycles. The minimum absolute atomic E-state index is 0.0184. The van der Waals surface area contributed by atoms with Crippen LogP contribution in [0.2, 0.25) is 0 Å². The van der Waals surface area contributed by atoms with Gasteiger partial charge in [-0.1, -0.05) is 0 Å². The average Bonchev–Trinajstić information content (AvgIpc) is 3.48. The van der Waals surface area contributed by atoms with Gasteiger partial charge in [-0.2, -0.15) is 0 Å². The molecule has 0 unspecified atom stereocenters. The van der Waals surface area contributed by atoms with Gasteiger partial charge in [-0.25, -0.2) is 14.6 Å². The Balaban J connectivity index is 1.58. The average molecular weight is 652 g/mol. The lowest BCUT2D eigenvalue weighted by Gasteiger charge is -2.15. The van der Waals surface area contributed by atoms with Gasteiger partial charge in [-0.15, -0.1) is 0 Å². The van der Waals surface area contributed by atoms with Crippen LogP contribution >= 0.6 is 31.9 Å². The summed E-state index contributed by atoms with van der Waals surface area (Å²) in [5.41, 5.74) is 0.240. The van der Waals surface area contributed by atoms with E-state index in [1.54, 1.807) is 6.07 Å². The lowest BCUT2D eigenvalue weighted by atomic mass is 10.1. The SMILES string of the molecule is COC(=O)c1ccc(CN2C(=O)N/C(=C\c3cc(OC)c(Oc4ccc([N+](=O)[O-])cn4)c(Br)c3Br)C2=O)o1. The van der Waals surface area contributed by atoms with E-state index < -0.39 is 22.8 Å². The maximum absolute atomic E-state index is 13.0. The van der Waals surface area contributed by atoms with Crippen LogP contribution < -0.4 is 14.8 Å². The van der Waals surface area contributed by atoms with Gasteiger partial charge in [-0.05, 0) is 61.7 Å². The van der Waals surface area contributed by atoms with E-state index in [-0.39, 0.29) is 46.8 Å². The minimum atomic E-state index is -0.685. The van der Waals surface area contributed by atoms with Gasteiger partial charge in [-0.3, -0.25) is 19.8 Å². The van der Waals surface area contributed by atoms with Crippen molar-refractivity contribution in [2.45, 2.75) is 6.54 Å². The smallest absolute Gasteiger partial charge is 0.373 e. The molecule has 0 radical (unpaired) electrons. The molecule has 0 spiro atoms. The molecule has 0 saturated carbocycles. The number of hydrogen-bond donors (Lipinski definition) is 1. The number of imide groups is 1. The van der Waals surface area contributed by atoms with E-state index in [1.807, 2.05) is 0 Å². The first-order valence-corrected chi connectivity index (χ1v) is 12.1. The Bertz CT molecular complexity index is 1480. The summed E-state index contributed by atoms with van der Waals surface area (Å²) in [6, 6.07) is 6.31. The third-order valence-electron chi connectivity index (χ3n) is 5.14. The zero-order valence-electron chi connectivity index (χ0n) is 19.5. The zero-order valence-corrected chi connectivity index (χ0v) is 22.7. The molecule has 3 aromatic rings. The zero-order chi connectivity index (χ0) is 27.6. The minimum Gasteiger partial charge on any atom is -0.493 e. The van der Waals surface area contributed by atoms with E-state index >= 15 is 0 Å². The van der Waals surface area contributed by atoms with E-state index in [2.05, 4.69) is 46.9 Å². The molecule has 1 aromatic carbocycles. The number of furan rings is 1. The van der Waals surface area contributed by atoms with Gasteiger partial charge in [0, 0.05) is 16.6 Å². The van der Waals surface area contributed by atoms with Gasteiger partial charge in [0.15, 0.2) is 11.5 Å². The van der Waals surface area contributed by atoms with Crippen LogP contribution in [-0.4, -0.2) is 46.9 Å². The first-order valence-electron chi connectivity index (χ1n) is 10.5. The number of pyridine rings is 1. The molecule has 1 N–H and O–H groups in total. The standard InChI is InChI=1S/C23H16Br2N4O9/c1-35-16-8-11(18(24)19(25)20(16)38-17-6-3-12(9-26-17)29(33)34)7-14-21(30)28(23(32)27-14)10-13-4-5-15(37-13)22(31)36-2/h3-9H,10H2,1-2H3,(H,27,32)/b14-7-. The molecule has 15 heteroatoms. The number of benzene rings is 1. The van der Waals surface area contributed by atoms with Crippen LogP contribution in [0.1, 0.15) is 21.9 Å². The molecule has 3 amide bonds. The second-order valence-corrected chi connectivity index (χ2v) is 9.06. The first kappa shape index (κ1) is 26.8. The van der Waals surface area contributed by atoms with Crippen LogP contribution in [-0.2, 0) is 16.1 Å². The van der Waals surface area contributed by atoms with Crippen molar-refractivity contribution in [3.05, 3.63) is 78.4 Å². The van der Waals surface area contributed by atoms with Crippen LogP contribution in [0.3, 0.4) is 0 Å². The van der Waals surface area contributed by atoms with Crippen LogP contribution in [0.15, 0.2) is 55.6 Å². The van der Waals surface area contributed by atoms with E-state index in [0.29, 0.717) is 14.5 Å². The van der Waals surface area contributed by atoms with Crippen molar-refractivity contribution < 1.29 is 37.9 Å². The fourth-order valence-electron chi connectivity index (χ4n) is 3.30. The molecule has 0 atom stereocenters. The van der Waals surface area contributed by atoms with Crippen molar-refractivity contribution in [1.82, 2.24) is 15.2 Å². The summed E-state index contributed by atoms with van der Waals surface area (Å²) >= 11 is 6.86. The largest absolute Gasteiger partial charge is 0.493 e. The maximum Gasteiger partial charge on any atom is 0.373 e. The molecule has 3 heterocycles. The monoisotopic (exact) mass is 650 g/mol. The number of nitro groups is 1. The molecular weight excluding hydrogens is 636 g/mol. The van der Waals surface area contributed by atoms with Crippen LogP contribution in [0, 0.1) is 10.1 Å². The number of rotatable bonds is 8. The summed E-state index contributed by atoms with van der Waals surface area (Å²) in [5.74, 6) is -0.620. The maximum atomic E-state index is 13.0. The highest BCUT2D eigenvalue weighted by Crippen LogP contribution is 2.45. The number of ether oxygens (including phenoxy) is 3. The van der Waals surface area contributed by atoms with E-state index in [4.69, 9.17) is 13.9 Å². The van der Waals surface area contributed by atoms with Gasteiger partial charge in [0.2, 0.25) is 11.6 Å². The Hall–Kier alpha value is -4.24. The number of amides is 3. The number of carbonyl (C=O) groups is 3. The predicted molar refractivity (Wildman–Crippen MR) is 136 cm³/mol. The van der Waals surface area contributed by atoms with Crippen molar-refractivity contribution >= 4 is 61.5 Å². The third kappa shape index (κ3) is 5.38. The Morgan fingerprint density at radius 1 is 1.21 bits per heavy atom. The van der Waals surface area contributed by atoms with Gasteiger partial charge >= 0.3 is 12.0 Å². The summed E-state index contributed by atoms with van der Waals surface area (Å²) in [6.45, 7) is -0.206. The Kier molecular flexibility index (Phi) is 7.78. The molecule has 13 nitrogen and oxygen atoms in total. The van der Waals surface area contributed by atoms with Crippen molar-refractivity contribution in [2.24, 2.45) is 0 Å². The third-order valence-corrected chi connectivity index (χ3v) is 7.28. The van der Waals surface area contributed by atoms with Crippen molar-refractivity contribution in [1.29, 1.82) is 0 Å². The second-order valence-electron chi connectivity index (χ2n) is 7.48. The van der Waals surface area contributed by atoms with Gasteiger partial charge in [0.05, 0.1) is 30.2 Å². The molecule has 0 bridgehead atoms. The molecule has 2 aromatic heterocycles. The Labute approximate surface area is 230 Å². The lowest BCUT2D eigenvalue weighted by Crippen LogP contribution is -2.30. The molecule has 38 heavy (non-hydrogen) atoms. The fraction of sp³-hybridized carbons (Fsp3) is 0.130. The van der Waals surface area contributed by atoms with E-state index in [9.17, 15) is 24.5 Å². The highest BCUT2D eigenvalue weighted by atomic mass is 79.9. The highest BCUT2D eigenvalue weighted by Gasteiger charge is 2.35. The molecule has 1 fully saturated rings. The fourth-order valence-corrected chi connectivity index (χ4v) is 4.22. The van der Waals surface area contributed by atoms with Crippen LogP contribution in [0.4, 0.5) is 10.5 Å². The summed E-state index contributed by atoms with van der Waals surface area (Å²) in [5, 5.41) is 13.4. The normalized spacial score (nSPS) is 14.0. The topological polar surface area (TPSA) is 163 Å². The van der Waals surface area contributed by atoms with Crippen molar-refractivity contribution in [3.8, 4) is 17.4 Å². The number of nitrogens with zero attached hydrogens (tertiary/aromatic N) is 3. The lowest BCUT2D eigenvalue weighted by molar-refractivity contribution is -0.385. The summed E-state index contributed by atoms with van der Waals surface area (Å²) in [4.78, 5) is 52.2. The number of methoxy groups -OCH3 is 2. The molecule has 1 aliphatic heterocycles. The number of halogens is 2. The van der Waals surface area contributed by atoms with Gasteiger partial charge in [0.1, 0.15) is 17.7 Å². The summed E-state index contributed by atoms with van der Waals surface area (Å²) in [7, 11) is 2.61. The van der Waals surface area contributed by atoms with E-state index in [1.165, 1.54) is 44.6 Å². The first-order chi connectivity index (χ1) is 18.1. The summed E-state index contributed by atoms with van der Waals surface area (Å²) < 4.78 is 22.0. The summed E-state index contributed by atoms with van der Waals surface area (Å²) in [6.07, 6.45) is 2.50. The second kappa shape index (κ2) is 11.0. The van der Waals surface area contributed by atoms with Crippen molar-refractivity contribution in [3.63, 3.8) is 0 Å². The molecular formula is C23H16Br2N4O9. The highest BCUT2D eigenvalue weighted by molar-refractivity contribution is 9.13. The van der Waals surface area contributed by atoms with Gasteiger partial charge in [0.25, 0.3) is 11.6 Å². The quantitative estimate of drug-likeness (QED) is 0.118. The number of urea groups is 1. The number of hydrogen-bond acceptors (Lipinski definition) is 10. The molecule has 196 valence electrons. The van der Waals surface area contributed by atoms with Crippen LogP contribution in [0.25, 0.3) is 6.08 Å². The van der Waals surface area contributed by atoms with E-state index in [0.717, 1.165) is 11.1 Å². The number of esters is 1. The van der Waals surface area contributed by atoms with Crippen LogP contribution in [0.5, 0.6) is 17.4 Å². The number of carbonyl (C=O) groups excluding carboxylic acids is 3. The predicted octanol–water partition coefficient (Wildman–Crippen LogP) is 4.79. The Morgan fingerprint density at radius 3 is 2.61 bits per heavy atom. The van der Waals surface area contributed by atoms with Gasteiger partial charge < -0.3 is 23.9 Å².